The van der Waals surface area contributed by atoms with E-state index in [2.05, 4.69) is 34.3 Å². The predicted molar refractivity (Wildman–Crippen MR) is 102 cm³/mol. The number of carbonyl (C=O) groups is 1. The second-order valence-corrected chi connectivity index (χ2v) is 6.59. The zero-order chi connectivity index (χ0) is 17.5. The van der Waals surface area contributed by atoms with Gasteiger partial charge in [-0.3, -0.25) is 14.7 Å². The zero-order valence-electron chi connectivity index (χ0n) is 14.7. The van der Waals surface area contributed by atoms with Crippen LogP contribution >= 0.6 is 0 Å². The largest absolute Gasteiger partial charge is 0.323 e. The van der Waals surface area contributed by atoms with Gasteiger partial charge in [-0.2, -0.15) is 0 Å². The number of amides is 1. The highest BCUT2D eigenvalue weighted by atomic mass is 16.1. The predicted octanol–water partition coefficient (Wildman–Crippen LogP) is 4.11. The minimum atomic E-state index is -0.150. The number of aromatic nitrogens is 1. The second kappa shape index (κ2) is 8.58. The number of nitrogens with one attached hydrogen (secondary N) is 1. The van der Waals surface area contributed by atoms with Crippen LogP contribution in [0.25, 0.3) is 6.08 Å². The number of carbonyl (C=O) groups excluding carboxylic acids is 1. The van der Waals surface area contributed by atoms with Crippen molar-refractivity contribution in [3.63, 3.8) is 0 Å². The summed E-state index contributed by atoms with van der Waals surface area (Å²) in [5.74, 6) is -0.150. The minimum Gasteiger partial charge on any atom is -0.323 e. The molecule has 0 radical (unpaired) electrons. The topological polar surface area (TPSA) is 45.2 Å². The molecule has 2 aromatic rings. The van der Waals surface area contributed by atoms with Gasteiger partial charge in [0.15, 0.2) is 0 Å². The Kier molecular flexibility index (Phi) is 5.96. The van der Waals surface area contributed by atoms with Crippen molar-refractivity contribution in [3.05, 3.63) is 66.0 Å². The first-order valence-electron chi connectivity index (χ1n) is 8.94. The number of benzene rings is 1. The van der Waals surface area contributed by atoms with Crippen molar-refractivity contribution in [3.8, 4) is 0 Å². The molecular weight excluding hydrogens is 310 g/mol. The normalized spacial score (nSPS) is 18.4. The van der Waals surface area contributed by atoms with Crippen LogP contribution in [0, 0.1) is 0 Å². The number of piperidine rings is 1. The van der Waals surface area contributed by atoms with E-state index in [0.717, 1.165) is 17.9 Å². The highest BCUT2D eigenvalue weighted by Crippen LogP contribution is 2.20. The number of hydrogen-bond donors (Lipinski definition) is 1. The summed E-state index contributed by atoms with van der Waals surface area (Å²) in [5.41, 5.74) is 2.87. The molecule has 1 aliphatic rings. The molecule has 0 saturated carbocycles. The first kappa shape index (κ1) is 17.4. The quantitative estimate of drug-likeness (QED) is 0.837. The molecule has 0 aliphatic carbocycles. The fraction of sp³-hybridized carbons (Fsp3) is 0.333. The van der Waals surface area contributed by atoms with Gasteiger partial charge in [-0.05, 0) is 62.2 Å². The van der Waals surface area contributed by atoms with Gasteiger partial charge in [-0.15, -0.1) is 0 Å². The Morgan fingerprint density at radius 3 is 2.80 bits per heavy atom. The van der Waals surface area contributed by atoms with E-state index in [1.54, 1.807) is 12.3 Å². The summed E-state index contributed by atoms with van der Waals surface area (Å²) in [4.78, 5) is 18.7. The summed E-state index contributed by atoms with van der Waals surface area (Å²) >= 11 is 0. The lowest BCUT2D eigenvalue weighted by atomic mass is 10.0. The molecule has 25 heavy (non-hydrogen) atoms. The molecule has 1 amide bonds. The SMILES string of the molecule is CC1CCCCN1Cc1ccc(NC(=O)C=Cc2ccccn2)cc1. The fourth-order valence-corrected chi connectivity index (χ4v) is 3.14. The maximum absolute atomic E-state index is 12.0. The molecule has 4 heteroatoms. The van der Waals surface area contributed by atoms with Crippen molar-refractivity contribution in [2.24, 2.45) is 0 Å². The van der Waals surface area contributed by atoms with Gasteiger partial charge in [0.2, 0.25) is 5.91 Å². The molecular formula is C21H25N3O. The third kappa shape index (κ3) is 5.26. The van der Waals surface area contributed by atoms with Gasteiger partial charge in [0.05, 0.1) is 5.69 Å². The molecule has 1 aromatic heterocycles. The number of likely N-dealkylation sites (tertiary alicyclic amines) is 1. The lowest BCUT2D eigenvalue weighted by Crippen LogP contribution is -2.36. The lowest BCUT2D eigenvalue weighted by molar-refractivity contribution is -0.111. The van der Waals surface area contributed by atoms with E-state index in [4.69, 9.17) is 0 Å². The highest BCUT2D eigenvalue weighted by molar-refractivity contribution is 6.01. The molecule has 0 spiro atoms. The first-order valence-corrected chi connectivity index (χ1v) is 8.94. The van der Waals surface area contributed by atoms with Crippen LogP contribution in [0.15, 0.2) is 54.7 Å². The summed E-state index contributed by atoms with van der Waals surface area (Å²) < 4.78 is 0. The van der Waals surface area contributed by atoms with Crippen molar-refractivity contribution >= 4 is 17.7 Å². The van der Waals surface area contributed by atoms with E-state index in [-0.39, 0.29) is 5.91 Å². The summed E-state index contributed by atoms with van der Waals surface area (Å²) in [7, 11) is 0. The average molecular weight is 335 g/mol. The molecule has 1 atom stereocenters. The van der Waals surface area contributed by atoms with Crippen LogP contribution in [0.4, 0.5) is 5.69 Å². The Morgan fingerprint density at radius 1 is 1.24 bits per heavy atom. The lowest BCUT2D eigenvalue weighted by Gasteiger charge is -2.33. The van der Waals surface area contributed by atoms with Crippen LogP contribution in [0.3, 0.4) is 0 Å². The molecule has 130 valence electrons. The van der Waals surface area contributed by atoms with E-state index < -0.39 is 0 Å². The van der Waals surface area contributed by atoms with Crippen molar-refractivity contribution < 1.29 is 4.79 Å². The molecule has 1 N–H and O–H groups in total. The summed E-state index contributed by atoms with van der Waals surface area (Å²) in [6.07, 6.45) is 8.85. The van der Waals surface area contributed by atoms with Gasteiger partial charge in [0.25, 0.3) is 0 Å². The molecule has 1 aliphatic heterocycles. The molecule has 0 bridgehead atoms. The maximum Gasteiger partial charge on any atom is 0.248 e. The molecule has 1 fully saturated rings. The summed E-state index contributed by atoms with van der Waals surface area (Å²) in [6.45, 7) is 4.47. The maximum atomic E-state index is 12.0. The Balaban J connectivity index is 1.53. The van der Waals surface area contributed by atoms with Crippen molar-refractivity contribution in [1.82, 2.24) is 9.88 Å². The smallest absolute Gasteiger partial charge is 0.248 e. The van der Waals surface area contributed by atoms with Gasteiger partial charge >= 0.3 is 0 Å². The van der Waals surface area contributed by atoms with Crippen molar-refractivity contribution in [2.45, 2.75) is 38.8 Å². The van der Waals surface area contributed by atoms with E-state index in [9.17, 15) is 4.79 Å². The monoisotopic (exact) mass is 335 g/mol. The molecule has 1 unspecified atom stereocenters. The van der Waals surface area contributed by atoms with Crippen LogP contribution in [0.5, 0.6) is 0 Å². The van der Waals surface area contributed by atoms with Crippen LogP contribution in [0.2, 0.25) is 0 Å². The summed E-state index contributed by atoms with van der Waals surface area (Å²) in [5, 5.41) is 2.88. The van der Waals surface area contributed by atoms with Crippen LogP contribution in [0.1, 0.15) is 37.4 Å². The molecule has 4 nitrogen and oxygen atoms in total. The van der Waals surface area contributed by atoms with Crippen LogP contribution < -0.4 is 5.32 Å². The van der Waals surface area contributed by atoms with Gasteiger partial charge in [0.1, 0.15) is 0 Å². The van der Waals surface area contributed by atoms with Crippen molar-refractivity contribution in [1.29, 1.82) is 0 Å². The molecule has 1 aromatic carbocycles. The molecule has 1 saturated heterocycles. The molecule has 2 heterocycles. The van der Waals surface area contributed by atoms with Gasteiger partial charge in [-0.25, -0.2) is 0 Å². The Bertz CT molecular complexity index is 710. The Hall–Kier alpha value is -2.46. The van der Waals surface area contributed by atoms with E-state index in [1.807, 2.05) is 30.3 Å². The van der Waals surface area contributed by atoms with E-state index >= 15 is 0 Å². The van der Waals surface area contributed by atoms with E-state index in [1.165, 1.54) is 37.4 Å². The first-order chi connectivity index (χ1) is 12.2. The van der Waals surface area contributed by atoms with E-state index in [0.29, 0.717) is 6.04 Å². The van der Waals surface area contributed by atoms with Gasteiger partial charge < -0.3 is 5.32 Å². The standard InChI is InChI=1S/C21H25N3O/c1-17-6-3-5-15-24(17)16-18-8-10-20(11-9-18)23-21(25)13-12-19-7-2-4-14-22-19/h2,4,7-14,17H,3,5-6,15-16H2,1H3,(H,23,25). The highest BCUT2D eigenvalue weighted by Gasteiger charge is 2.17. The third-order valence-corrected chi connectivity index (χ3v) is 4.64. The second-order valence-electron chi connectivity index (χ2n) is 6.59. The number of anilines is 1. The Morgan fingerprint density at radius 2 is 2.08 bits per heavy atom. The Labute approximate surface area is 149 Å². The zero-order valence-corrected chi connectivity index (χ0v) is 14.7. The summed E-state index contributed by atoms with van der Waals surface area (Å²) in [6, 6.07) is 14.4. The van der Waals surface area contributed by atoms with Gasteiger partial charge in [-0.1, -0.05) is 24.6 Å². The number of nitrogens with zero attached hydrogens (tertiary/aromatic N) is 2. The average Bonchev–Trinajstić information content (AvgIpc) is 2.64. The number of hydrogen-bond acceptors (Lipinski definition) is 3. The third-order valence-electron chi connectivity index (χ3n) is 4.64. The van der Waals surface area contributed by atoms with Crippen LogP contribution in [-0.2, 0) is 11.3 Å². The fourth-order valence-electron chi connectivity index (χ4n) is 3.14. The van der Waals surface area contributed by atoms with Crippen molar-refractivity contribution in [2.75, 3.05) is 11.9 Å². The minimum absolute atomic E-state index is 0.150. The van der Waals surface area contributed by atoms with Crippen LogP contribution in [-0.4, -0.2) is 28.4 Å². The number of rotatable bonds is 5. The molecule has 3 rings (SSSR count). The van der Waals surface area contributed by atoms with Gasteiger partial charge in [0, 0.05) is 30.5 Å². The number of pyridine rings is 1.